The number of rotatable bonds is 8. The molecule has 2 aliphatic rings. The third-order valence-corrected chi connectivity index (χ3v) is 6.49. The lowest BCUT2D eigenvalue weighted by Gasteiger charge is -2.31. The summed E-state index contributed by atoms with van der Waals surface area (Å²) in [6.07, 6.45) is 8.38. The molecule has 1 saturated carbocycles. The van der Waals surface area contributed by atoms with Crippen LogP contribution in [-0.4, -0.2) is 15.4 Å². The van der Waals surface area contributed by atoms with E-state index in [0.717, 1.165) is 48.1 Å². The topological polar surface area (TPSA) is 114 Å². The summed E-state index contributed by atoms with van der Waals surface area (Å²) in [6, 6.07) is 16.1. The van der Waals surface area contributed by atoms with Gasteiger partial charge in [-0.05, 0) is 73.2 Å². The van der Waals surface area contributed by atoms with E-state index in [0.29, 0.717) is 11.5 Å². The molecule has 0 unspecified atom stereocenters. The van der Waals surface area contributed by atoms with Crippen LogP contribution in [-0.2, 0) is 13.2 Å². The Balaban J connectivity index is 1.38. The van der Waals surface area contributed by atoms with Crippen molar-refractivity contribution in [2.24, 2.45) is 0 Å². The van der Waals surface area contributed by atoms with Crippen molar-refractivity contribution in [3.63, 3.8) is 0 Å². The number of fused-ring (bicyclic) bond motifs is 1. The molecule has 1 aliphatic heterocycles. The Morgan fingerprint density at radius 1 is 0.778 bits per heavy atom. The molecular weight excluding hydrogens is 464 g/mol. The van der Waals surface area contributed by atoms with E-state index >= 15 is 0 Å². The molecule has 184 valence electrons. The van der Waals surface area contributed by atoms with Gasteiger partial charge >= 0.3 is 0 Å². The maximum atomic E-state index is 10.9. The van der Waals surface area contributed by atoms with E-state index in [4.69, 9.17) is 14.2 Å². The van der Waals surface area contributed by atoms with Crippen LogP contribution in [0.2, 0.25) is 0 Å². The molecule has 0 aromatic heterocycles. The highest BCUT2D eigenvalue weighted by Gasteiger charge is 2.36. The molecule has 9 nitrogen and oxygen atoms in total. The zero-order valence-electron chi connectivity index (χ0n) is 19.4. The molecule has 0 N–H and O–H groups in total. The van der Waals surface area contributed by atoms with Crippen LogP contribution in [0.1, 0.15) is 42.4 Å². The second-order valence-corrected chi connectivity index (χ2v) is 8.97. The molecule has 0 bridgehead atoms. The van der Waals surface area contributed by atoms with Crippen molar-refractivity contribution in [1.29, 1.82) is 0 Å². The standard InChI is InChI=1S/C27H24N2O7/c30-28(31)22-7-3-19(4-8-22)17-34-25-15-21-11-14-27(12-1-2-13-27)36-24(21)16-26(25)35-18-20-5-9-23(10-6-20)29(32)33/h3-11,14-16H,1-2,12-13,17-18H2. The maximum Gasteiger partial charge on any atom is 0.269 e. The molecule has 3 aromatic carbocycles. The first-order chi connectivity index (χ1) is 17.4. The highest BCUT2D eigenvalue weighted by atomic mass is 16.6. The Hall–Kier alpha value is -4.40. The highest BCUT2D eigenvalue weighted by molar-refractivity contribution is 5.66. The summed E-state index contributed by atoms with van der Waals surface area (Å²) in [5, 5.41) is 21.8. The van der Waals surface area contributed by atoms with E-state index in [9.17, 15) is 20.2 Å². The summed E-state index contributed by atoms with van der Waals surface area (Å²) in [4.78, 5) is 21.0. The van der Waals surface area contributed by atoms with E-state index in [1.54, 1.807) is 24.3 Å². The molecular formula is C27H24N2O7. The first kappa shape index (κ1) is 23.3. The number of benzene rings is 3. The van der Waals surface area contributed by atoms with Gasteiger partial charge in [-0.3, -0.25) is 20.2 Å². The Labute approximate surface area is 207 Å². The minimum absolute atomic E-state index is 0.0155. The third-order valence-electron chi connectivity index (χ3n) is 6.49. The van der Waals surface area contributed by atoms with Crippen LogP contribution in [0.25, 0.3) is 6.08 Å². The Kier molecular flexibility index (Phi) is 6.28. The van der Waals surface area contributed by atoms with Gasteiger partial charge in [0.2, 0.25) is 0 Å². The van der Waals surface area contributed by atoms with Crippen LogP contribution in [0.4, 0.5) is 11.4 Å². The molecule has 36 heavy (non-hydrogen) atoms. The number of nitro benzene ring substituents is 2. The van der Waals surface area contributed by atoms with Crippen LogP contribution in [0.5, 0.6) is 17.2 Å². The zero-order chi connectivity index (χ0) is 25.1. The van der Waals surface area contributed by atoms with Crippen molar-refractivity contribution in [3.05, 3.63) is 104 Å². The Morgan fingerprint density at radius 3 is 1.78 bits per heavy atom. The summed E-state index contributed by atoms with van der Waals surface area (Å²) < 4.78 is 18.6. The number of non-ortho nitro benzene ring substituents is 2. The van der Waals surface area contributed by atoms with Crippen LogP contribution >= 0.6 is 0 Å². The number of nitrogens with zero attached hydrogens (tertiary/aromatic N) is 2. The Morgan fingerprint density at radius 2 is 1.28 bits per heavy atom. The molecule has 3 aromatic rings. The van der Waals surface area contributed by atoms with Gasteiger partial charge in [0, 0.05) is 35.9 Å². The van der Waals surface area contributed by atoms with E-state index < -0.39 is 9.85 Å². The molecule has 1 heterocycles. The third kappa shape index (κ3) is 5.00. The zero-order valence-corrected chi connectivity index (χ0v) is 19.4. The average molecular weight is 488 g/mol. The predicted octanol–water partition coefficient (Wildman–Crippen LogP) is 6.38. The molecule has 1 fully saturated rings. The van der Waals surface area contributed by atoms with Crippen LogP contribution in [0, 0.1) is 20.2 Å². The van der Waals surface area contributed by atoms with Gasteiger partial charge in [0.15, 0.2) is 11.5 Å². The molecule has 0 atom stereocenters. The molecule has 1 spiro atoms. The predicted molar refractivity (Wildman–Crippen MR) is 132 cm³/mol. The largest absolute Gasteiger partial charge is 0.485 e. The summed E-state index contributed by atoms with van der Waals surface area (Å²) in [6.45, 7) is 0.380. The smallest absolute Gasteiger partial charge is 0.269 e. The van der Waals surface area contributed by atoms with Gasteiger partial charge in [0.05, 0.1) is 9.85 Å². The fraction of sp³-hybridized carbons (Fsp3) is 0.259. The van der Waals surface area contributed by atoms with Crippen molar-refractivity contribution in [1.82, 2.24) is 0 Å². The first-order valence-electron chi connectivity index (χ1n) is 11.7. The van der Waals surface area contributed by atoms with Crippen molar-refractivity contribution in [2.75, 3.05) is 0 Å². The minimum Gasteiger partial charge on any atom is -0.485 e. The molecule has 0 radical (unpaired) electrons. The quantitative estimate of drug-likeness (QED) is 0.267. The molecule has 0 saturated heterocycles. The van der Waals surface area contributed by atoms with Crippen molar-refractivity contribution in [2.45, 2.75) is 44.5 Å². The van der Waals surface area contributed by atoms with Gasteiger partial charge < -0.3 is 14.2 Å². The highest BCUT2D eigenvalue weighted by Crippen LogP contribution is 2.45. The first-order valence-corrected chi connectivity index (χ1v) is 11.7. The van der Waals surface area contributed by atoms with Crippen LogP contribution in [0.3, 0.4) is 0 Å². The van der Waals surface area contributed by atoms with Gasteiger partial charge in [0.25, 0.3) is 11.4 Å². The summed E-state index contributed by atoms with van der Waals surface area (Å²) in [7, 11) is 0. The fourth-order valence-corrected chi connectivity index (χ4v) is 4.49. The second-order valence-electron chi connectivity index (χ2n) is 8.97. The van der Waals surface area contributed by atoms with Crippen molar-refractivity contribution < 1.29 is 24.1 Å². The lowest BCUT2D eigenvalue weighted by Crippen LogP contribution is -2.31. The van der Waals surface area contributed by atoms with Crippen molar-refractivity contribution >= 4 is 17.5 Å². The van der Waals surface area contributed by atoms with Crippen LogP contribution in [0.15, 0.2) is 66.7 Å². The van der Waals surface area contributed by atoms with Crippen molar-refractivity contribution in [3.8, 4) is 17.2 Å². The lowest BCUT2D eigenvalue weighted by atomic mass is 9.96. The summed E-state index contributed by atoms with van der Waals surface area (Å²) in [5.41, 5.74) is 2.19. The number of ether oxygens (including phenoxy) is 3. The lowest BCUT2D eigenvalue weighted by molar-refractivity contribution is -0.385. The van der Waals surface area contributed by atoms with E-state index in [1.807, 2.05) is 12.1 Å². The second kappa shape index (κ2) is 9.69. The summed E-state index contributed by atoms with van der Waals surface area (Å²) >= 11 is 0. The number of nitro groups is 2. The molecule has 5 rings (SSSR count). The molecule has 9 heteroatoms. The molecule has 1 aliphatic carbocycles. The van der Waals surface area contributed by atoms with E-state index in [2.05, 4.69) is 12.2 Å². The van der Waals surface area contributed by atoms with Gasteiger partial charge in [-0.2, -0.15) is 0 Å². The monoisotopic (exact) mass is 488 g/mol. The van der Waals surface area contributed by atoms with E-state index in [-0.39, 0.29) is 30.2 Å². The normalized spacial score (nSPS) is 15.2. The SMILES string of the molecule is O=[N+]([O-])c1ccc(COc2cc3c(cc2OCc2ccc([N+](=O)[O-])cc2)OC2(C=C3)CCCC2)cc1. The van der Waals surface area contributed by atoms with E-state index in [1.165, 1.54) is 24.3 Å². The number of hydrogen-bond donors (Lipinski definition) is 0. The number of hydrogen-bond acceptors (Lipinski definition) is 7. The minimum atomic E-state index is -0.443. The maximum absolute atomic E-state index is 10.9. The summed E-state index contributed by atoms with van der Waals surface area (Å²) in [5.74, 6) is 1.71. The van der Waals surface area contributed by atoms with Gasteiger partial charge in [-0.25, -0.2) is 0 Å². The van der Waals surface area contributed by atoms with Gasteiger partial charge in [-0.1, -0.05) is 6.08 Å². The van der Waals surface area contributed by atoms with Crippen LogP contribution < -0.4 is 14.2 Å². The molecule has 0 amide bonds. The Bertz CT molecular complexity index is 1310. The average Bonchev–Trinajstić information content (AvgIpc) is 3.34. The van der Waals surface area contributed by atoms with Gasteiger partial charge in [-0.15, -0.1) is 0 Å². The fourth-order valence-electron chi connectivity index (χ4n) is 4.49. The van der Waals surface area contributed by atoms with Gasteiger partial charge in [0.1, 0.15) is 24.6 Å².